The van der Waals surface area contributed by atoms with Crippen molar-refractivity contribution in [1.82, 2.24) is 0 Å². The number of nitrogens with one attached hydrogen (secondary N) is 1. The summed E-state index contributed by atoms with van der Waals surface area (Å²) in [6, 6.07) is 16.3. The van der Waals surface area contributed by atoms with Crippen LogP contribution < -0.4 is 10.1 Å². The van der Waals surface area contributed by atoms with E-state index in [1.807, 2.05) is 38.1 Å². The third kappa shape index (κ3) is 3.95. The van der Waals surface area contributed by atoms with Crippen LogP contribution in [0.4, 0.5) is 5.69 Å². The van der Waals surface area contributed by atoms with Crippen LogP contribution >= 0.6 is 0 Å². The fourth-order valence-electron chi connectivity index (χ4n) is 2.62. The van der Waals surface area contributed by atoms with Crippen LogP contribution in [0.3, 0.4) is 0 Å². The Balaban J connectivity index is 1.83. The van der Waals surface area contributed by atoms with E-state index in [2.05, 4.69) is 5.32 Å². The van der Waals surface area contributed by atoms with E-state index in [0.717, 1.165) is 11.1 Å². The lowest BCUT2D eigenvalue weighted by molar-refractivity contribution is 0.102. The first-order chi connectivity index (χ1) is 12.6. The lowest BCUT2D eigenvalue weighted by Crippen LogP contribution is -2.13. The molecular weight excluding hydrogens is 330 g/mol. The molecule has 0 unspecified atom stereocenters. The Kier molecular flexibility index (Phi) is 5.39. The van der Waals surface area contributed by atoms with Gasteiger partial charge in [-0.1, -0.05) is 18.2 Å². The average molecular weight is 351 g/mol. The van der Waals surface area contributed by atoms with Crippen LogP contribution in [0.1, 0.15) is 28.6 Å². The molecule has 0 fully saturated rings. The number of hydrogen-bond donors (Lipinski definition) is 2. The standard InChI is InChI=1S/C21H21NO4/c1-3-25-17-6-4-5-16(11-17)21(24)22-19-12-15(8-7-14(19)2)20-10-9-18(13-23)26-20/h4-12,23H,3,13H2,1-2H3,(H,22,24). The summed E-state index contributed by atoms with van der Waals surface area (Å²) in [5.74, 6) is 1.60. The van der Waals surface area contributed by atoms with Crippen molar-refractivity contribution < 1.29 is 19.1 Å². The second-order valence-corrected chi connectivity index (χ2v) is 5.87. The molecule has 0 bridgehead atoms. The van der Waals surface area contributed by atoms with Crippen molar-refractivity contribution in [3.8, 4) is 17.1 Å². The van der Waals surface area contributed by atoms with Gasteiger partial charge < -0.3 is 19.6 Å². The van der Waals surface area contributed by atoms with Crippen molar-refractivity contribution in [2.75, 3.05) is 11.9 Å². The number of benzene rings is 2. The third-order valence-electron chi connectivity index (χ3n) is 4.00. The van der Waals surface area contributed by atoms with Gasteiger partial charge in [0.05, 0.1) is 6.61 Å². The summed E-state index contributed by atoms with van der Waals surface area (Å²) in [5.41, 5.74) is 3.00. The number of ether oxygens (including phenoxy) is 1. The third-order valence-corrected chi connectivity index (χ3v) is 4.00. The normalized spacial score (nSPS) is 10.6. The Morgan fingerprint density at radius 3 is 2.73 bits per heavy atom. The summed E-state index contributed by atoms with van der Waals surface area (Å²) in [7, 11) is 0. The highest BCUT2D eigenvalue weighted by Gasteiger charge is 2.11. The van der Waals surface area contributed by atoms with Crippen LogP contribution in [0, 0.1) is 6.92 Å². The van der Waals surface area contributed by atoms with E-state index in [0.29, 0.717) is 35.1 Å². The van der Waals surface area contributed by atoms with E-state index in [1.165, 1.54) is 0 Å². The Morgan fingerprint density at radius 1 is 1.15 bits per heavy atom. The lowest BCUT2D eigenvalue weighted by Gasteiger charge is -2.11. The Hall–Kier alpha value is -3.05. The predicted octanol–water partition coefficient (Wildman–Crippen LogP) is 4.40. The highest BCUT2D eigenvalue weighted by molar-refractivity contribution is 6.05. The van der Waals surface area contributed by atoms with E-state index in [9.17, 15) is 4.79 Å². The Morgan fingerprint density at radius 2 is 2.00 bits per heavy atom. The number of hydrogen-bond acceptors (Lipinski definition) is 4. The maximum Gasteiger partial charge on any atom is 0.255 e. The minimum Gasteiger partial charge on any atom is -0.494 e. The molecule has 0 aliphatic rings. The molecule has 0 aliphatic carbocycles. The molecule has 5 nitrogen and oxygen atoms in total. The predicted molar refractivity (Wildman–Crippen MR) is 100 cm³/mol. The van der Waals surface area contributed by atoms with E-state index >= 15 is 0 Å². The first kappa shape index (κ1) is 17.8. The van der Waals surface area contributed by atoms with Crippen LogP contribution in [0.25, 0.3) is 11.3 Å². The van der Waals surface area contributed by atoms with Crippen molar-refractivity contribution in [2.45, 2.75) is 20.5 Å². The van der Waals surface area contributed by atoms with Gasteiger partial charge >= 0.3 is 0 Å². The summed E-state index contributed by atoms with van der Waals surface area (Å²) in [6.45, 7) is 4.23. The van der Waals surface area contributed by atoms with Crippen LogP contribution in [0.15, 0.2) is 59.0 Å². The number of amides is 1. The molecule has 0 aliphatic heterocycles. The molecule has 1 heterocycles. The van der Waals surface area contributed by atoms with Crippen molar-refractivity contribution in [3.63, 3.8) is 0 Å². The van der Waals surface area contributed by atoms with Crippen LogP contribution in [-0.2, 0) is 6.61 Å². The molecule has 134 valence electrons. The maximum absolute atomic E-state index is 12.6. The van der Waals surface area contributed by atoms with Gasteiger partial charge in [0.15, 0.2) is 0 Å². The first-order valence-electron chi connectivity index (χ1n) is 8.45. The quantitative estimate of drug-likeness (QED) is 0.690. The molecule has 1 amide bonds. The van der Waals surface area contributed by atoms with Gasteiger partial charge in [-0.25, -0.2) is 0 Å². The molecule has 3 rings (SSSR count). The van der Waals surface area contributed by atoms with Gasteiger partial charge in [0.1, 0.15) is 23.9 Å². The van der Waals surface area contributed by atoms with Crippen LogP contribution in [0.2, 0.25) is 0 Å². The van der Waals surface area contributed by atoms with E-state index in [4.69, 9.17) is 14.3 Å². The number of carbonyl (C=O) groups is 1. The average Bonchev–Trinajstić information content (AvgIpc) is 3.13. The summed E-state index contributed by atoms with van der Waals surface area (Å²) in [4.78, 5) is 12.6. The fourth-order valence-corrected chi connectivity index (χ4v) is 2.62. The molecule has 0 spiro atoms. The smallest absolute Gasteiger partial charge is 0.255 e. The zero-order chi connectivity index (χ0) is 18.5. The second-order valence-electron chi connectivity index (χ2n) is 5.87. The van der Waals surface area contributed by atoms with Crippen molar-refractivity contribution in [3.05, 3.63) is 71.5 Å². The number of anilines is 1. The van der Waals surface area contributed by atoms with Gasteiger partial charge in [0.2, 0.25) is 0 Å². The number of furan rings is 1. The summed E-state index contributed by atoms with van der Waals surface area (Å²) >= 11 is 0. The highest BCUT2D eigenvalue weighted by atomic mass is 16.5. The fraction of sp³-hybridized carbons (Fsp3) is 0.190. The molecule has 1 aromatic heterocycles. The van der Waals surface area contributed by atoms with Crippen LogP contribution in [-0.4, -0.2) is 17.6 Å². The molecule has 3 aromatic rings. The summed E-state index contributed by atoms with van der Waals surface area (Å²) in [6.07, 6.45) is 0. The zero-order valence-corrected chi connectivity index (χ0v) is 14.8. The summed E-state index contributed by atoms with van der Waals surface area (Å²) < 4.78 is 11.0. The number of carbonyl (C=O) groups excluding carboxylic acids is 1. The number of aliphatic hydroxyl groups is 1. The topological polar surface area (TPSA) is 71.7 Å². The molecule has 26 heavy (non-hydrogen) atoms. The molecular formula is C21H21NO4. The van der Waals surface area contributed by atoms with Gasteiger partial charge in [-0.3, -0.25) is 4.79 Å². The van der Waals surface area contributed by atoms with Gasteiger partial charge in [-0.15, -0.1) is 0 Å². The van der Waals surface area contributed by atoms with Crippen molar-refractivity contribution >= 4 is 11.6 Å². The van der Waals surface area contributed by atoms with Crippen molar-refractivity contribution in [1.29, 1.82) is 0 Å². The van der Waals surface area contributed by atoms with Crippen molar-refractivity contribution in [2.24, 2.45) is 0 Å². The lowest BCUT2D eigenvalue weighted by atomic mass is 10.1. The summed E-state index contributed by atoms with van der Waals surface area (Å²) in [5, 5.41) is 12.1. The molecule has 5 heteroatoms. The maximum atomic E-state index is 12.6. The van der Waals surface area contributed by atoms with Gasteiger partial charge in [0, 0.05) is 16.8 Å². The van der Waals surface area contributed by atoms with Crippen LogP contribution in [0.5, 0.6) is 5.75 Å². The van der Waals surface area contributed by atoms with Gasteiger partial charge in [-0.2, -0.15) is 0 Å². The Labute approximate surface area is 152 Å². The molecule has 0 radical (unpaired) electrons. The molecule has 0 atom stereocenters. The molecule has 0 saturated heterocycles. The monoisotopic (exact) mass is 351 g/mol. The largest absolute Gasteiger partial charge is 0.494 e. The van der Waals surface area contributed by atoms with Gasteiger partial charge in [-0.05, 0) is 55.8 Å². The van der Waals surface area contributed by atoms with Gasteiger partial charge in [0.25, 0.3) is 5.91 Å². The number of aryl methyl sites for hydroxylation is 1. The minimum absolute atomic E-state index is 0.147. The van der Waals surface area contributed by atoms with E-state index < -0.39 is 0 Å². The highest BCUT2D eigenvalue weighted by Crippen LogP contribution is 2.27. The van der Waals surface area contributed by atoms with E-state index in [1.54, 1.807) is 30.3 Å². The minimum atomic E-state index is -0.206. The molecule has 2 N–H and O–H groups in total. The second kappa shape index (κ2) is 7.89. The number of aliphatic hydroxyl groups excluding tert-OH is 1. The van der Waals surface area contributed by atoms with E-state index in [-0.39, 0.29) is 12.5 Å². The zero-order valence-electron chi connectivity index (χ0n) is 14.8. The SMILES string of the molecule is CCOc1cccc(C(=O)Nc2cc(-c3ccc(CO)o3)ccc2C)c1. The Bertz CT molecular complexity index is 914. The molecule has 0 saturated carbocycles. The first-order valence-corrected chi connectivity index (χ1v) is 8.45. The number of rotatable bonds is 6. The molecule has 2 aromatic carbocycles.